The maximum Gasteiger partial charge on any atom is 0 e. The van der Waals surface area contributed by atoms with E-state index in [0.29, 0.717) is 0 Å². The molecule has 3 fully saturated rings. The predicted octanol–water partition coefficient (Wildman–Crippen LogP) is 9.98. The molecule has 3 saturated carbocycles. The Bertz CT molecular complexity index is 443. The van der Waals surface area contributed by atoms with Crippen LogP contribution in [0.3, 0.4) is 0 Å². The molecule has 3 aliphatic carbocycles. The predicted molar refractivity (Wildman–Crippen MR) is 142 cm³/mol. The van der Waals surface area contributed by atoms with E-state index in [0.717, 1.165) is 35.5 Å². The van der Waals surface area contributed by atoms with Gasteiger partial charge in [0.25, 0.3) is 0 Å². The van der Waals surface area contributed by atoms with Crippen molar-refractivity contribution in [2.24, 2.45) is 35.5 Å². The Morgan fingerprint density at radius 1 is 0.517 bits per heavy atom. The summed E-state index contributed by atoms with van der Waals surface area (Å²) in [4.78, 5) is 0. The zero-order chi connectivity index (χ0) is 19.9. The molecule has 1 heteroatoms. The van der Waals surface area contributed by atoms with Crippen molar-refractivity contribution in [2.45, 2.75) is 117 Å². The van der Waals surface area contributed by atoms with Gasteiger partial charge in [0.2, 0.25) is 0 Å². The number of rotatable bonds is 8. The van der Waals surface area contributed by atoms with E-state index in [1.807, 2.05) is 0 Å². The molecule has 0 aromatic rings. The molecule has 0 aliphatic heterocycles. The first-order chi connectivity index (χ1) is 13.5. The smallest absolute Gasteiger partial charge is 0 e. The van der Waals surface area contributed by atoms with Gasteiger partial charge in [0.15, 0.2) is 0 Å². The first-order valence-electron chi connectivity index (χ1n) is 12.8. The highest BCUT2D eigenvalue weighted by Crippen LogP contribution is 2.42. The average molecular weight is 515 g/mol. The van der Waals surface area contributed by atoms with Crippen LogP contribution in [0.1, 0.15) is 118 Å². The molecule has 0 aromatic heterocycles. The Morgan fingerprint density at radius 3 is 0.931 bits per heavy atom. The summed E-state index contributed by atoms with van der Waals surface area (Å²) in [5, 5.41) is 0. The van der Waals surface area contributed by atoms with Crippen LogP contribution in [-0.4, -0.2) is 0 Å². The molecule has 0 saturated heterocycles. The summed E-state index contributed by atoms with van der Waals surface area (Å²) in [6, 6.07) is 0. The maximum atomic E-state index is 4.12. The van der Waals surface area contributed by atoms with E-state index in [-0.39, 0.29) is 25.4 Å². The van der Waals surface area contributed by atoms with E-state index in [4.69, 9.17) is 0 Å². The minimum Gasteiger partial charge on any atom is -0.107 e. The van der Waals surface area contributed by atoms with E-state index in [2.05, 4.69) is 27.0 Å². The highest BCUT2D eigenvalue weighted by molar-refractivity contribution is 14.0. The third kappa shape index (κ3) is 9.08. The quantitative estimate of drug-likeness (QED) is 0.223. The molecule has 29 heavy (non-hydrogen) atoms. The van der Waals surface area contributed by atoms with Crippen molar-refractivity contribution in [1.82, 2.24) is 0 Å². The summed E-state index contributed by atoms with van der Waals surface area (Å²) < 4.78 is 0. The minimum atomic E-state index is 0. The zero-order valence-electron chi connectivity index (χ0n) is 19.6. The Hall–Kier alpha value is 0.210. The van der Waals surface area contributed by atoms with Gasteiger partial charge in [-0.3, -0.25) is 0 Å². The van der Waals surface area contributed by atoms with Gasteiger partial charge in [0.05, 0.1) is 0 Å². The summed E-state index contributed by atoms with van der Waals surface area (Å²) in [6.07, 6.45) is 23.8. The van der Waals surface area contributed by atoms with Crippen LogP contribution in [0.2, 0.25) is 0 Å². The normalized spacial score (nSPS) is 35.5. The molecule has 0 amide bonds. The molecular weight excluding hydrogens is 463 g/mol. The van der Waals surface area contributed by atoms with E-state index in [1.165, 1.54) is 75.4 Å². The molecule has 0 radical (unpaired) electrons. The fourth-order valence-electron chi connectivity index (χ4n) is 6.97. The second-order valence-electron chi connectivity index (χ2n) is 11.5. The van der Waals surface area contributed by atoms with E-state index in [1.54, 1.807) is 38.5 Å². The summed E-state index contributed by atoms with van der Waals surface area (Å²) in [5.41, 5.74) is 2.79. The van der Waals surface area contributed by atoms with Gasteiger partial charge in [-0.05, 0) is 101 Å². The van der Waals surface area contributed by atoms with E-state index in [9.17, 15) is 0 Å². The lowest BCUT2D eigenvalue weighted by atomic mass is 9.70. The molecule has 170 valence electrons. The van der Waals surface area contributed by atoms with Crippen molar-refractivity contribution in [3.05, 3.63) is 24.3 Å². The zero-order valence-corrected chi connectivity index (χ0v) is 21.9. The number of halogens is 1. The Kier molecular flexibility index (Phi) is 11.3. The van der Waals surface area contributed by atoms with Crippen molar-refractivity contribution < 1.29 is 1.43 Å². The van der Waals surface area contributed by atoms with Gasteiger partial charge in [0, 0.05) is 1.43 Å². The Morgan fingerprint density at radius 2 is 0.724 bits per heavy atom. The number of allylic oxidation sites excluding steroid dienone is 2. The summed E-state index contributed by atoms with van der Waals surface area (Å²) in [7, 11) is 0. The van der Waals surface area contributed by atoms with Crippen LogP contribution >= 0.6 is 24.0 Å². The molecule has 3 aliphatic rings. The van der Waals surface area contributed by atoms with Gasteiger partial charge in [-0.25, -0.2) is 0 Å². The SMILES string of the molecule is C=C(C)CC1CCC(CC2CCC(CC3CCC(CC(=C)C)CC3)CC2)CC1.I.[HH]. The molecule has 0 N–H and O–H groups in total. The highest BCUT2D eigenvalue weighted by atomic mass is 127. The van der Waals surface area contributed by atoms with Crippen LogP contribution in [0, 0.1) is 35.5 Å². The highest BCUT2D eigenvalue weighted by Gasteiger charge is 2.29. The minimum absolute atomic E-state index is 0. The number of hydrogen-bond donors (Lipinski definition) is 0. The molecule has 0 unspecified atom stereocenters. The van der Waals surface area contributed by atoms with Crippen molar-refractivity contribution in [3.63, 3.8) is 0 Å². The third-order valence-electron chi connectivity index (χ3n) is 8.51. The summed E-state index contributed by atoms with van der Waals surface area (Å²) in [5.74, 6) is 6.12. The largest absolute Gasteiger partial charge is 0.107 e. The lowest BCUT2D eigenvalue weighted by molar-refractivity contribution is 0.164. The molecule has 0 heterocycles. The standard InChI is InChI=1S/C28H48.HI.H2/c1-21(2)17-23-5-9-25(10-6-23)19-27-13-15-28(16-14-27)20-26-11-7-24(8-12-26)18-22(3)4;;/h23-28H,1,3,5-20H2,2,4H3;2*1H. The van der Waals surface area contributed by atoms with Crippen molar-refractivity contribution in [1.29, 1.82) is 0 Å². The Balaban J connectivity index is 0.00000225. The lowest BCUT2D eigenvalue weighted by Gasteiger charge is -2.36. The van der Waals surface area contributed by atoms with Crippen LogP contribution in [0.15, 0.2) is 24.3 Å². The van der Waals surface area contributed by atoms with Crippen molar-refractivity contribution in [3.8, 4) is 0 Å². The van der Waals surface area contributed by atoms with E-state index >= 15 is 0 Å². The lowest BCUT2D eigenvalue weighted by Crippen LogP contribution is -2.23. The van der Waals surface area contributed by atoms with Gasteiger partial charge >= 0.3 is 0 Å². The molecule has 0 spiro atoms. The first kappa shape index (κ1) is 25.5. The van der Waals surface area contributed by atoms with Crippen LogP contribution in [0.4, 0.5) is 0 Å². The average Bonchev–Trinajstić information content (AvgIpc) is 2.66. The van der Waals surface area contributed by atoms with Gasteiger partial charge in [-0.2, -0.15) is 0 Å². The van der Waals surface area contributed by atoms with Gasteiger partial charge in [-0.15, -0.1) is 37.1 Å². The first-order valence-corrected chi connectivity index (χ1v) is 12.8. The molecule has 0 nitrogen and oxygen atoms in total. The van der Waals surface area contributed by atoms with E-state index < -0.39 is 0 Å². The van der Waals surface area contributed by atoms with Crippen LogP contribution in [0.25, 0.3) is 0 Å². The molecule has 0 aromatic carbocycles. The monoisotopic (exact) mass is 514 g/mol. The van der Waals surface area contributed by atoms with Crippen molar-refractivity contribution in [2.75, 3.05) is 0 Å². The Labute approximate surface area is 201 Å². The molecule has 0 bridgehead atoms. The van der Waals surface area contributed by atoms with Crippen LogP contribution in [0.5, 0.6) is 0 Å². The molecule has 0 atom stereocenters. The molecular formula is C28H51I. The maximum absolute atomic E-state index is 4.12. The fourth-order valence-corrected chi connectivity index (χ4v) is 6.97. The van der Waals surface area contributed by atoms with Crippen LogP contribution < -0.4 is 0 Å². The fraction of sp³-hybridized carbons (Fsp3) is 0.857. The summed E-state index contributed by atoms with van der Waals surface area (Å²) >= 11 is 0. The third-order valence-corrected chi connectivity index (χ3v) is 8.51. The van der Waals surface area contributed by atoms with Crippen LogP contribution in [-0.2, 0) is 0 Å². The number of hydrogen-bond acceptors (Lipinski definition) is 0. The summed E-state index contributed by atoms with van der Waals surface area (Å²) in [6.45, 7) is 12.7. The van der Waals surface area contributed by atoms with Gasteiger partial charge < -0.3 is 0 Å². The second kappa shape index (κ2) is 12.9. The topological polar surface area (TPSA) is 0 Å². The van der Waals surface area contributed by atoms with Gasteiger partial charge in [0.1, 0.15) is 0 Å². The second-order valence-corrected chi connectivity index (χ2v) is 11.5. The van der Waals surface area contributed by atoms with Crippen molar-refractivity contribution >= 4 is 24.0 Å². The molecule has 3 rings (SSSR count). The van der Waals surface area contributed by atoms with Gasteiger partial charge in [-0.1, -0.05) is 62.5 Å².